The van der Waals surface area contributed by atoms with Crippen molar-refractivity contribution in [3.8, 4) is 0 Å². The van der Waals surface area contributed by atoms with Gasteiger partial charge in [0.25, 0.3) is 5.91 Å². The summed E-state index contributed by atoms with van der Waals surface area (Å²) >= 11 is 1.63. The zero-order valence-electron chi connectivity index (χ0n) is 16.4. The van der Waals surface area contributed by atoms with Crippen molar-refractivity contribution >= 4 is 33.3 Å². The van der Waals surface area contributed by atoms with Crippen molar-refractivity contribution < 1.29 is 13.2 Å². The first-order valence-electron chi connectivity index (χ1n) is 10.2. The second kappa shape index (κ2) is 8.81. The summed E-state index contributed by atoms with van der Waals surface area (Å²) < 4.78 is 26.7. The van der Waals surface area contributed by atoms with Crippen LogP contribution in [0.3, 0.4) is 0 Å². The van der Waals surface area contributed by atoms with E-state index in [4.69, 9.17) is 0 Å². The van der Waals surface area contributed by atoms with E-state index in [2.05, 4.69) is 6.07 Å². The Labute approximate surface area is 176 Å². The number of amides is 1. The van der Waals surface area contributed by atoms with Gasteiger partial charge in [0.1, 0.15) is 0 Å². The molecule has 29 heavy (non-hydrogen) atoms. The second-order valence-electron chi connectivity index (χ2n) is 7.57. The molecular formula is C22H26N2O3S2. The lowest BCUT2D eigenvalue weighted by Crippen LogP contribution is -2.49. The van der Waals surface area contributed by atoms with Crippen LogP contribution >= 0.6 is 11.3 Å². The van der Waals surface area contributed by atoms with Crippen LogP contribution in [-0.2, 0) is 22.9 Å². The monoisotopic (exact) mass is 430 g/mol. The number of sulfonamides is 1. The normalized spacial score (nSPS) is 18.6. The van der Waals surface area contributed by atoms with Gasteiger partial charge >= 0.3 is 0 Å². The molecule has 5 nitrogen and oxygen atoms in total. The van der Waals surface area contributed by atoms with Gasteiger partial charge in [-0.3, -0.25) is 4.79 Å². The van der Waals surface area contributed by atoms with Crippen LogP contribution in [0.4, 0.5) is 0 Å². The Morgan fingerprint density at radius 1 is 0.966 bits per heavy atom. The number of fused-ring (bicyclic) bond motifs is 1. The molecule has 2 aliphatic rings. The molecule has 154 valence electrons. The molecule has 7 heteroatoms. The molecule has 0 unspecified atom stereocenters. The molecule has 0 bridgehead atoms. The third kappa shape index (κ3) is 4.79. The first-order valence-corrected chi connectivity index (χ1v) is 12.5. The zero-order valence-corrected chi connectivity index (χ0v) is 18.1. The Balaban J connectivity index is 1.37. The molecule has 0 N–H and O–H groups in total. The third-order valence-electron chi connectivity index (χ3n) is 5.58. The van der Waals surface area contributed by atoms with Crippen LogP contribution in [0.5, 0.6) is 0 Å². The number of carbonyl (C=O) groups excluding carboxylic acids is 1. The van der Waals surface area contributed by atoms with Crippen LogP contribution in [0.2, 0.25) is 0 Å². The van der Waals surface area contributed by atoms with E-state index < -0.39 is 10.0 Å². The molecule has 1 saturated heterocycles. The number of carbonyl (C=O) groups is 1. The van der Waals surface area contributed by atoms with Gasteiger partial charge in [0, 0.05) is 36.5 Å². The minimum absolute atomic E-state index is 0.0416. The number of hydrogen-bond donors (Lipinski definition) is 0. The summed E-state index contributed by atoms with van der Waals surface area (Å²) in [7, 11) is -3.48. The lowest BCUT2D eigenvalue weighted by Gasteiger charge is -2.33. The van der Waals surface area contributed by atoms with Crippen molar-refractivity contribution in [2.75, 3.05) is 26.2 Å². The molecule has 1 fully saturated rings. The van der Waals surface area contributed by atoms with Crippen molar-refractivity contribution in [3.05, 3.63) is 62.7 Å². The minimum Gasteiger partial charge on any atom is -0.335 e. The summed E-state index contributed by atoms with van der Waals surface area (Å²) in [6, 6.07) is 11.4. The Hall–Kier alpha value is -1.96. The minimum atomic E-state index is -3.48. The van der Waals surface area contributed by atoms with Crippen molar-refractivity contribution in [2.24, 2.45) is 0 Å². The summed E-state index contributed by atoms with van der Waals surface area (Å²) in [5, 5.41) is 1.26. The van der Waals surface area contributed by atoms with E-state index in [9.17, 15) is 13.2 Å². The molecule has 0 radical (unpaired) electrons. The summed E-state index contributed by atoms with van der Waals surface area (Å²) in [5.41, 5.74) is 2.19. The molecule has 1 aliphatic carbocycles. The number of thiophene rings is 1. The van der Waals surface area contributed by atoms with E-state index >= 15 is 0 Å². The van der Waals surface area contributed by atoms with Gasteiger partial charge in [-0.2, -0.15) is 4.31 Å². The topological polar surface area (TPSA) is 57.7 Å². The maximum atomic E-state index is 12.9. The molecule has 1 aliphatic heterocycles. The Morgan fingerprint density at radius 3 is 2.45 bits per heavy atom. The number of piperazine rings is 1. The molecule has 1 aromatic carbocycles. The standard InChI is InChI=1S/C22H26N2O3S2/c25-22(21-17-19-9-5-2-6-10-20(19)28-21)23-12-14-24(15-13-23)29(26,27)16-11-18-7-3-1-4-8-18/h1,3-4,7-8,11,16-17H,2,5-6,9-10,12-15H2. The van der Waals surface area contributed by atoms with Gasteiger partial charge in [-0.1, -0.05) is 36.8 Å². The molecule has 0 saturated carbocycles. The van der Waals surface area contributed by atoms with Gasteiger partial charge in [0.15, 0.2) is 0 Å². The van der Waals surface area contributed by atoms with E-state index in [0.717, 1.165) is 23.3 Å². The highest BCUT2D eigenvalue weighted by Gasteiger charge is 2.29. The van der Waals surface area contributed by atoms with Gasteiger partial charge in [0.2, 0.25) is 10.0 Å². The van der Waals surface area contributed by atoms with Crippen molar-refractivity contribution in [1.29, 1.82) is 0 Å². The zero-order chi connectivity index (χ0) is 20.3. The summed E-state index contributed by atoms with van der Waals surface area (Å²) in [6.45, 7) is 1.52. The first kappa shape index (κ1) is 20.3. The maximum Gasteiger partial charge on any atom is 0.264 e. The molecule has 1 amide bonds. The average Bonchev–Trinajstić information content (AvgIpc) is 3.03. The number of hydrogen-bond acceptors (Lipinski definition) is 4. The third-order valence-corrected chi connectivity index (χ3v) is 8.37. The van der Waals surface area contributed by atoms with Crippen molar-refractivity contribution in [2.45, 2.75) is 32.1 Å². The SMILES string of the molecule is O=C(c1cc2c(s1)CCCCC2)N1CCN(S(=O)(=O)C=Cc2ccccc2)CC1. The van der Waals surface area contributed by atoms with Crippen LogP contribution in [0.15, 0.2) is 41.8 Å². The predicted octanol–water partition coefficient (Wildman–Crippen LogP) is 3.78. The second-order valence-corrected chi connectivity index (χ2v) is 10.5. The molecular weight excluding hydrogens is 404 g/mol. The van der Waals surface area contributed by atoms with Crippen LogP contribution in [-0.4, -0.2) is 49.7 Å². The van der Waals surface area contributed by atoms with Gasteiger partial charge in [-0.05, 0) is 49.0 Å². The molecule has 0 spiro atoms. The lowest BCUT2D eigenvalue weighted by molar-refractivity contribution is 0.0703. The fourth-order valence-corrected chi connectivity index (χ4v) is 6.28. The van der Waals surface area contributed by atoms with E-state index in [1.807, 2.05) is 30.3 Å². The number of aryl methyl sites for hydroxylation is 2. The lowest BCUT2D eigenvalue weighted by atomic mass is 10.1. The number of rotatable bonds is 4. The summed E-state index contributed by atoms with van der Waals surface area (Å²) in [5.74, 6) is 0.0416. The molecule has 4 rings (SSSR count). The number of nitrogens with zero attached hydrogens (tertiary/aromatic N) is 2. The molecule has 2 aromatic rings. The highest BCUT2D eigenvalue weighted by atomic mass is 32.2. The first-order chi connectivity index (χ1) is 14.0. The highest BCUT2D eigenvalue weighted by molar-refractivity contribution is 7.92. The molecule has 0 atom stereocenters. The van der Waals surface area contributed by atoms with Gasteiger partial charge in [-0.25, -0.2) is 8.42 Å². The van der Waals surface area contributed by atoms with Crippen LogP contribution in [0, 0.1) is 0 Å². The highest BCUT2D eigenvalue weighted by Crippen LogP contribution is 2.30. The largest absolute Gasteiger partial charge is 0.335 e. The summed E-state index contributed by atoms with van der Waals surface area (Å²) in [4.78, 5) is 16.9. The predicted molar refractivity (Wildman–Crippen MR) is 117 cm³/mol. The van der Waals surface area contributed by atoms with E-state index in [1.165, 1.54) is 39.4 Å². The van der Waals surface area contributed by atoms with Gasteiger partial charge in [0.05, 0.1) is 4.88 Å². The molecule has 2 heterocycles. The van der Waals surface area contributed by atoms with Crippen LogP contribution in [0.25, 0.3) is 6.08 Å². The van der Waals surface area contributed by atoms with Gasteiger partial charge < -0.3 is 4.90 Å². The van der Waals surface area contributed by atoms with E-state index in [1.54, 1.807) is 22.3 Å². The van der Waals surface area contributed by atoms with E-state index in [-0.39, 0.29) is 5.91 Å². The average molecular weight is 431 g/mol. The van der Waals surface area contributed by atoms with Crippen LogP contribution in [0.1, 0.15) is 44.9 Å². The van der Waals surface area contributed by atoms with Crippen molar-refractivity contribution in [1.82, 2.24) is 9.21 Å². The number of benzene rings is 1. The maximum absolute atomic E-state index is 12.9. The fraction of sp³-hybridized carbons (Fsp3) is 0.409. The van der Waals surface area contributed by atoms with Gasteiger partial charge in [-0.15, -0.1) is 11.3 Å². The molecule has 1 aromatic heterocycles. The Bertz CT molecular complexity index is 965. The van der Waals surface area contributed by atoms with E-state index in [0.29, 0.717) is 26.2 Å². The Kier molecular flexibility index (Phi) is 6.18. The quantitative estimate of drug-likeness (QED) is 0.694. The smallest absolute Gasteiger partial charge is 0.264 e. The van der Waals surface area contributed by atoms with Crippen molar-refractivity contribution in [3.63, 3.8) is 0 Å². The summed E-state index contributed by atoms with van der Waals surface area (Å²) in [6.07, 6.45) is 7.43. The Morgan fingerprint density at radius 2 is 1.69 bits per heavy atom. The van der Waals surface area contributed by atoms with Crippen LogP contribution < -0.4 is 0 Å². The fourth-order valence-electron chi connectivity index (χ4n) is 3.89.